The van der Waals surface area contributed by atoms with E-state index >= 15 is 0 Å². The normalized spacial score (nSPS) is 16.1. The van der Waals surface area contributed by atoms with E-state index in [-0.39, 0.29) is 21.8 Å². The third-order valence-electron chi connectivity index (χ3n) is 6.71. The van der Waals surface area contributed by atoms with Crippen molar-refractivity contribution in [1.29, 1.82) is 0 Å². The van der Waals surface area contributed by atoms with Gasteiger partial charge in [0.15, 0.2) is 0 Å². The van der Waals surface area contributed by atoms with Crippen LogP contribution >= 0.6 is 22.9 Å². The predicted octanol–water partition coefficient (Wildman–Crippen LogP) is 6.23. The Hall–Kier alpha value is -2.71. The Balaban J connectivity index is 1.64. The molecule has 1 aliphatic rings. The molecule has 2 heterocycles. The zero-order chi connectivity index (χ0) is 23.2. The summed E-state index contributed by atoms with van der Waals surface area (Å²) in [4.78, 5) is 29.3. The van der Waals surface area contributed by atoms with Gasteiger partial charge in [-0.15, -0.1) is 11.3 Å². The number of benzene rings is 1. The van der Waals surface area contributed by atoms with Gasteiger partial charge in [-0.25, -0.2) is 4.98 Å². The first-order valence-corrected chi connectivity index (χ1v) is 11.8. The number of hydrogen-bond acceptors (Lipinski definition) is 6. The van der Waals surface area contributed by atoms with Crippen molar-refractivity contribution in [3.05, 3.63) is 55.5 Å². The number of nitrogens with one attached hydrogen (secondary N) is 1. The Bertz CT molecular complexity index is 1240. The number of aromatic nitrogens is 1. The zero-order valence-electron chi connectivity index (χ0n) is 18.2. The molecule has 168 valence electrons. The first kappa shape index (κ1) is 22.5. The lowest BCUT2D eigenvalue weighted by Gasteiger charge is -2.36. The molecule has 0 saturated carbocycles. The Morgan fingerprint density at radius 2 is 2.16 bits per heavy atom. The number of nitrogens with zero attached hydrogens (tertiary/aromatic N) is 2. The van der Waals surface area contributed by atoms with Crippen LogP contribution in [-0.4, -0.2) is 15.8 Å². The standard InChI is InChI=1S/C23H25ClN4O3S/c1-4-23(2,3)13-5-8-17-12(9-13)10-15-19(25)20(32-22(15)27-17)21(29)26-14-6-7-16(24)18(11-14)28(30)31/h6-7,10-11,13H,4-5,8-9,25H2,1-3H3,(H,26,29). The SMILES string of the molecule is CCC(C)(C)C1CCc2nc3sc(C(=O)Nc4ccc(Cl)c([N+](=O)[O-])c4)c(N)c3cc2C1. The van der Waals surface area contributed by atoms with Crippen molar-refractivity contribution in [2.45, 2.75) is 46.5 Å². The van der Waals surface area contributed by atoms with Crippen LogP contribution in [0.5, 0.6) is 0 Å². The molecule has 0 radical (unpaired) electrons. The minimum Gasteiger partial charge on any atom is -0.397 e. The van der Waals surface area contributed by atoms with Crippen molar-refractivity contribution >= 4 is 56.1 Å². The number of nitro groups is 1. The third kappa shape index (κ3) is 4.04. The average Bonchev–Trinajstić information content (AvgIpc) is 3.08. The van der Waals surface area contributed by atoms with Crippen molar-refractivity contribution in [2.75, 3.05) is 11.1 Å². The molecule has 7 nitrogen and oxygen atoms in total. The molecule has 0 bridgehead atoms. The molecule has 1 aliphatic carbocycles. The molecular weight excluding hydrogens is 448 g/mol. The number of nitrogen functional groups attached to an aromatic ring is 1. The van der Waals surface area contributed by atoms with Crippen molar-refractivity contribution in [2.24, 2.45) is 11.3 Å². The minimum absolute atomic E-state index is 0.00807. The molecule has 9 heteroatoms. The second-order valence-electron chi connectivity index (χ2n) is 8.95. The van der Waals surface area contributed by atoms with Gasteiger partial charge in [-0.3, -0.25) is 14.9 Å². The summed E-state index contributed by atoms with van der Waals surface area (Å²) in [5.41, 5.74) is 9.31. The molecule has 3 N–H and O–H groups in total. The Morgan fingerprint density at radius 1 is 1.41 bits per heavy atom. The summed E-state index contributed by atoms with van der Waals surface area (Å²) >= 11 is 7.09. The first-order chi connectivity index (χ1) is 15.1. The summed E-state index contributed by atoms with van der Waals surface area (Å²) in [5, 5.41) is 14.6. The number of rotatable bonds is 5. The number of halogens is 1. The van der Waals surface area contributed by atoms with Crippen LogP contribution in [-0.2, 0) is 12.8 Å². The number of thiophene rings is 1. The summed E-state index contributed by atoms with van der Waals surface area (Å²) in [6, 6.07) is 6.22. The number of amides is 1. The molecule has 2 aromatic heterocycles. The number of nitro benzene ring substituents is 1. The molecule has 1 unspecified atom stereocenters. The van der Waals surface area contributed by atoms with E-state index in [1.54, 1.807) is 0 Å². The lowest BCUT2D eigenvalue weighted by molar-refractivity contribution is -0.384. The van der Waals surface area contributed by atoms with E-state index in [4.69, 9.17) is 22.3 Å². The maximum Gasteiger partial charge on any atom is 0.289 e. The van der Waals surface area contributed by atoms with Crippen molar-refractivity contribution in [1.82, 2.24) is 4.98 Å². The minimum atomic E-state index is -0.590. The van der Waals surface area contributed by atoms with Crippen molar-refractivity contribution < 1.29 is 9.72 Å². The van der Waals surface area contributed by atoms with E-state index in [9.17, 15) is 14.9 Å². The molecule has 0 aliphatic heterocycles. The number of aryl methyl sites for hydroxylation is 1. The summed E-state index contributed by atoms with van der Waals surface area (Å²) in [6.07, 6.45) is 4.11. The molecular formula is C23H25ClN4O3S. The quantitative estimate of drug-likeness (QED) is 0.337. The molecule has 1 aromatic carbocycles. The summed E-state index contributed by atoms with van der Waals surface area (Å²) in [6.45, 7) is 6.86. The second-order valence-corrected chi connectivity index (χ2v) is 10.4. The van der Waals surface area contributed by atoms with E-state index in [0.717, 1.165) is 41.6 Å². The zero-order valence-corrected chi connectivity index (χ0v) is 19.8. The number of anilines is 2. The summed E-state index contributed by atoms with van der Waals surface area (Å²) < 4.78 is 0. The fraction of sp³-hybridized carbons (Fsp3) is 0.391. The van der Waals surface area contributed by atoms with Crippen molar-refractivity contribution in [3.63, 3.8) is 0 Å². The van der Waals surface area contributed by atoms with Crippen molar-refractivity contribution in [3.8, 4) is 0 Å². The summed E-state index contributed by atoms with van der Waals surface area (Å²) in [7, 11) is 0. The van der Waals surface area contributed by atoms with E-state index in [0.29, 0.717) is 16.5 Å². The predicted molar refractivity (Wildman–Crippen MR) is 130 cm³/mol. The van der Waals surface area contributed by atoms with Crippen LogP contribution in [0.2, 0.25) is 5.02 Å². The highest BCUT2D eigenvalue weighted by Crippen LogP contribution is 2.42. The number of nitrogens with two attached hydrogens (primary N) is 1. The van der Waals surface area contributed by atoms with Crippen LogP contribution in [0.4, 0.5) is 17.1 Å². The molecule has 0 saturated heterocycles. The largest absolute Gasteiger partial charge is 0.397 e. The molecule has 0 spiro atoms. The fourth-order valence-corrected chi connectivity index (χ4v) is 5.41. The summed E-state index contributed by atoms with van der Waals surface area (Å²) in [5.74, 6) is 0.160. The maximum absolute atomic E-state index is 12.9. The fourth-order valence-electron chi connectivity index (χ4n) is 4.23. The van der Waals surface area contributed by atoms with Crippen LogP contribution in [0.25, 0.3) is 10.2 Å². The smallest absolute Gasteiger partial charge is 0.289 e. The van der Waals surface area contributed by atoms with Gasteiger partial charge in [0, 0.05) is 22.8 Å². The van der Waals surface area contributed by atoms with E-state index in [2.05, 4.69) is 32.2 Å². The number of carbonyl (C=O) groups excluding carboxylic acids is 1. The van der Waals surface area contributed by atoms with Crippen LogP contribution in [0.3, 0.4) is 0 Å². The van der Waals surface area contributed by atoms with Gasteiger partial charge < -0.3 is 11.1 Å². The van der Waals surface area contributed by atoms with Crippen LogP contribution < -0.4 is 11.1 Å². The van der Waals surface area contributed by atoms with Gasteiger partial charge in [-0.05, 0) is 54.4 Å². The number of fused-ring (bicyclic) bond motifs is 2. The number of pyridine rings is 1. The van der Waals surface area contributed by atoms with Crippen LogP contribution in [0.1, 0.15) is 54.5 Å². The number of carbonyl (C=O) groups is 1. The van der Waals surface area contributed by atoms with E-state index in [1.807, 2.05) is 0 Å². The lowest BCUT2D eigenvalue weighted by Crippen LogP contribution is -2.29. The highest BCUT2D eigenvalue weighted by molar-refractivity contribution is 7.21. The van der Waals surface area contributed by atoms with E-state index in [1.165, 1.54) is 35.1 Å². The van der Waals surface area contributed by atoms with Gasteiger partial charge in [0.05, 0.1) is 10.6 Å². The number of hydrogen-bond donors (Lipinski definition) is 2. The molecule has 32 heavy (non-hydrogen) atoms. The van der Waals surface area contributed by atoms with Gasteiger partial charge in [0.25, 0.3) is 11.6 Å². The Kier molecular flexibility index (Phi) is 5.85. The average molecular weight is 473 g/mol. The Morgan fingerprint density at radius 3 is 2.84 bits per heavy atom. The van der Waals surface area contributed by atoms with Gasteiger partial charge in [0.1, 0.15) is 14.7 Å². The highest BCUT2D eigenvalue weighted by Gasteiger charge is 2.32. The van der Waals surface area contributed by atoms with Gasteiger partial charge in [-0.1, -0.05) is 38.8 Å². The maximum atomic E-state index is 12.9. The molecule has 1 amide bonds. The Labute approximate surface area is 195 Å². The van der Waals surface area contributed by atoms with Gasteiger partial charge >= 0.3 is 0 Å². The molecule has 0 fully saturated rings. The van der Waals surface area contributed by atoms with E-state index < -0.39 is 10.8 Å². The topological polar surface area (TPSA) is 111 Å². The monoisotopic (exact) mass is 472 g/mol. The second kappa shape index (κ2) is 8.33. The molecule has 1 atom stereocenters. The van der Waals surface area contributed by atoms with Gasteiger partial charge in [-0.2, -0.15) is 0 Å². The first-order valence-electron chi connectivity index (χ1n) is 10.6. The lowest BCUT2D eigenvalue weighted by atomic mass is 9.69. The van der Waals surface area contributed by atoms with Gasteiger partial charge in [0.2, 0.25) is 0 Å². The third-order valence-corrected chi connectivity index (χ3v) is 8.14. The highest BCUT2D eigenvalue weighted by atomic mass is 35.5. The molecule has 3 aromatic rings. The van der Waals surface area contributed by atoms with Crippen LogP contribution in [0.15, 0.2) is 24.3 Å². The van der Waals surface area contributed by atoms with Crippen LogP contribution in [0, 0.1) is 21.4 Å². The molecule has 4 rings (SSSR count).